The second-order valence-electron chi connectivity index (χ2n) is 7.35. The summed E-state index contributed by atoms with van der Waals surface area (Å²) in [4.78, 5) is 25.4. The van der Waals surface area contributed by atoms with Gasteiger partial charge in [0.05, 0.1) is 35.3 Å². The van der Waals surface area contributed by atoms with E-state index in [9.17, 15) is 23.3 Å². The summed E-state index contributed by atoms with van der Waals surface area (Å²) in [5.41, 5.74) is 0.957. The number of hydrogen-bond donors (Lipinski definition) is 0. The molecular weight excluding hydrogens is 436 g/mol. The molecule has 1 aromatic heterocycles. The molecule has 1 amide bonds. The third kappa shape index (κ3) is 4.33. The summed E-state index contributed by atoms with van der Waals surface area (Å²) in [6, 6.07) is 13.6. The number of amides is 1. The third-order valence-corrected chi connectivity index (χ3v) is 7.01. The maximum absolute atomic E-state index is 13.4. The second kappa shape index (κ2) is 8.42. The van der Waals surface area contributed by atoms with Crippen LogP contribution in [0.4, 0.5) is 11.4 Å². The fourth-order valence-electron chi connectivity index (χ4n) is 3.67. The van der Waals surface area contributed by atoms with E-state index >= 15 is 0 Å². The van der Waals surface area contributed by atoms with Crippen molar-refractivity contribution >= 4 is 27.1 Å². The Labute approximate surface area is 184 Å². The van der Waals surface area contributed by atoms with Crippen LogP contribution in [0.15, 0.2) is 60.8 Å². The van der Waals surface area contributed by atoms with Gasteiger partial charge in [-0.25, -0.2) is 13.1 Å². The zero-order valence-corrected chi connectivity index (χ0v) is 17.9. The number of sulfone groups is 1. The number of benzene rings is 2. The van der Waals surface area contributed by atoms with Crippen molar-refractivity contribution in [2.75, 3.05) is 23.5 Å². The van der Waals surface area contributed by atoms with E-state index in [-0.39, 0.29) is 22.9 Å². The van der Waals surface area contributed by atoms with Crippen molar-refractivity contribution < 1.29 is 22.9 Å². The summed E-state index contributed by atoms with van der Waals surface area (Å²) in [5, 5.41) is 15.3. The molecule has 0 unspecified atom stereocenters. The van der Waals surface area contributed by atoms with Gasteiger partial charge >= 0.3 is 0 Å². The van der Waals surface area contributed by atoms with E-state index in [4.69, 9.17) is 4.74 Å². The lowest BCUT2D eigenvalue weighted by molar-refractivity contribution is -0.384. The van der Waals surface area contributed by atoms with Gasteiger partial charge in [-0.1, -0.05) is 6.07 Å². The van der Waals surface area contributed by atoms with Crippen LogP contribution in [0.2, 0.25) is 0 Å². The van der Waals surface area contributed by atoms with E-state index in [1.54, 1.807) is 30.3 Å². The fourth-order valence-corrected chi connectivity index (χ4v) is 5.37. The first kappa shape index (κ1) is 21.5. The van der Waals surface area contributed by atoms with Crippen molar-refractivity contribution in [3.05, 3.63) is 76.6 Å². The number of nitro groups is 1. The normalized spacial score (nSPS) is 17.1. The largest absolute Gasteiger partial charge is 0.497 e. The maximum atomic E-state index is 13.4. The topological polar surface area (TPSA) is 125 Å². The number of carbonyl (C=O) groups is 1. The molecule has 2 heterocycles. The van der Waals surface area contributed by atoms with Crippen molar-refractivity contribution in [3.8, 4) is 11.4 Å². The first-order valence-corrected chi connectivity index (χ1v) is 11.6. The van der Waals surface area contributed by atoms with Gasteiger partial charge < -0.3 is 9.64 Å². The number of nitrogens with zero attached hydrogens (tertiary/aromatic N) is 4. The minimum Gasteiger partial charge on any atom is -0.497 e. The highest BCUT2D eigenvalue weighted by molar-refractivity contribution is 7.91. The molecule has 3 aromatic rings. The molecule has 0 saturated carbocycles. The lowest BCUT2D eigenvalue weighted by Gasteiger charge is -2.27. The van der Waals surface area contributed by atoms with Crippen LogP contribution in [0.5, 0.6) is 5.75 Å². The Morgan fingerprint density at radius 3 is 2.59 bits per heavy atom. The highest BCUT2D eigenvalue weighted by atomic mass is 32.2. The number of carbonyl (C=O) groups excluding carboxylic acids is 1. The first-order valence-electron chi connectivity index (χ1n) is 9.76. The molecule has 4 rings (SSSR count). The summed E-state index contributed by atoms with van der Waals surface area (Å²) in [5.74, 6) is 0.0346. The molecule has 1 aliphatic heterocycles. The molecule has 0 N–H and O–H groups in total. The number of anilines is 1. The van der Waals surface area contributed by atoms with Gasteiger partial charge in [0.15, 0.2) is 15.5 Å². The lowest BCUT2D eigenvalue weighted by Crippen LogP contribution is -2.41. The molecule has 0 spiro atoms. The molecule has 11 heteroatoms. The Kier molecular flexibility index (Phi) is 5.66. The van der Waals surface area contributed by atoms with Crippen molar-refractivity contribution in [3.63, 3.8) is 0 Å². The van der Waals surface area contributed by atoms with E-state index in [0.717, 1.165) is 0 Å². The lowest BCUT2D eigenvalue weighted by atomic mass is 10.1. The predicted octanol–water partition coefficient (Wildman–Crippen LogP) is 2.62. The monoisotopic (exact) mass is 456 g/mol. The minimum absolute atomic E-state index is 0.0136. The van der Waals surface area contributed by atoms with Gasteiger partial charge in [-0.3, -0.25) is 14.9 Å². The number of aromatic nitrogens is 2. The third-order valence-electron chi connectivity index (χ3n) is 5.26. The van der Waals surface area contributed by atoms with E-state index in [2.05, 4.69) is 5.10 Å². The van der Waals surface area contributed by atoms with Gasteiger partial charge in [-0.05, 0) is 42.8 Å². The van der Waals surface area contributed by atoms with E-state index in [1.165, 1.54) is 47.2 Å². The smallest absolute Gasteiger partial charge is 0.279 e. The summed E-state index contributed by atoms with van der Waals surface area (Å²) < 4.78 is 30.7. The van der Waals surface area contributed by atoms with Crippen LogP contribution in [-0.4, -0.2) is 53.7 Å². The first-order chi connectivity index (χ1) is 15.3. The van der Waals surface area contributed by atoms with Gasteiger partial charge in [0, 0.05) is 24.0 Å². The number of non-ortho nitro benzene ring substituents is 1. The van der Waals surface area contributed by atoms with E-state index < -0.39 is 26.7 Å². The molecule has 1 atom stereocenters. The molecule has 1 saturated heterocycles. The van der Waals surface area contributed by atoms with Crippen molar-refractivity contribution in [2.45, 2.75) is 12.5 Å². The Hall–Kier alpha value is -3.73. The highest BCUT2D eigenvalue weighted by Crippen LogP contribution is 2.28. The van der Waals surface area contributed by atoms with Gasteiger partial charge in [-0.2, -0.15) is 5.10 Å². The zero-order chi connectivity index (χ0) is 22.9. The van der Waals surface area contributed by atoms with Crippen LogP contribution >= 0.6 is 0 Å². The van der Waals surface area contributed by atoms with Gasteiger partial charge in [0.2, 0.25) is 0 Å². The Bertz CT molecular complexity index is 1270. The Balaban J connectivity index is 1.68. The fraction of sp³-hybridized carbons (Fsp3) is 0.238. The van der Waals surface area contributed by atoms with Crippen molar-refractivity contribution in [1.82, 2.24) is 9.78 Å². The predicted molar refractivity (Wildman–Crippen MR) is 117 cm³/mol. The van der Waals surface area contributed by atoms with Crippen LogP contribution in [0, 0.1) is 10.1 Å². The molecule has 0 aliphatic carbocycles. The molecule has 166 valence electrons. The molecule has 1 fully saturated rings. The number of ether oxygens (including phenoxy) is 1. The second-order valence-corrected chi connectivity index (χ2v) is 9.58. The minimum atomic E-state index is -3.24. The van der Waals surface area contributed by atoms with Crippen molar-refractivity contribution in [2.24, 2.45) is 0 Å². The quantitative estimate of drug-likeness (QED) is 0.412. The molecular formula is C21H20N4O6S. The van der Waals surface area contributed by atoms with Crippen LogP contribution in [0.3, 0.4) is 0 Å². The van der Waals surface area contributed by atoms with Crippen LogP contribution in [-0.2, 0) is 9.84 Å². The van der Waals surface area contributed by atoms with E-state index in [0.29, 0.717) is 23.5 Å². The Morgan fingerprint density at radius 2 is 1.97 bits per heavy atom. The van der Waals surface area contributed by atoms with Crippen LogP contribution < -0.4 is 9.64 Å². The standard InChI is InChI=1S/C21H20N4O6S/c1-31-19-7-5-15(6-8-19)24(18-10-12-32(29,30)14-18)21(26)20-9-11-23(22-20)16-3-2-4-17(13-16)25(27)28/h2-9,11,13,18H,10,12,14H2,1H3/t18-/m0/s1. The Morgan fingerprint density at radius 1 is 1.22 bits per heavy atom. The molecule has 32 heavy (non-hydrogen) atoms. The van der Waals surface area contributed by atoms with Gasteiger partial charge in [0.25, 0.3) is 11.6 Å². The molecule has 0 bridgehead atoms. The SMILES string of the molecule is COc1ccc(N(C(=O)c2ccn(-c3cccc([N+](=O)[O-])c3)n2)[C@H]2CCS(=O)(=O)C2)cc1. The van der Waals surface area contributed by atoms with Crippen molar-refractivity contribution in [1.29, 1.82) is 0 Å². The van der Waals surface area contributed by atoms with Crippen LogP contribution in [0.1, 0.15) is 16.9 Å². The summed E-state index contributed by atoms with van der Waals surface area (Å²) in [7, 11) is -1.71. The molecule has 1 aliphatic rings. The number of rotatable bonds is 6. The average Bonchev–Trinajstić information content (AvgIpc) is 3.41. The highest BCUT2D eigenvalue weighted by Gasteiger charge is 2.36. The van der Waals surface area contributed by atoms with Gasteiger partial charge in [-0.15, -0.1) is 0 Å². The summed E-state index contributed by atoms with van der Waals surface area (Å²) in [6.07, 6.45) is 1.86. The van der Waals surface area contributed by atoms with Gasteiger partial charge in [0.1, 0.15) is 5.75 Å². The number of hydrogen-bond acceptors (Lipinski definition) is 7. The van der Waals surface area contributed by atoms with E-state index in [1.807, 2.05) is 0 Å². The molecule has 2 aromatic carbocycles. The summed E-state index contributed by atoms with van der Waals surface area (Å²) >= 11 is 0. The zero-order valence-electron chi connectivity index (χ0n) is 17.1. The maximum Gasteiger partial charge on any atom is 0.279 e. The average molecular weight is 456 g/mol. The number of nitro benzene ring substituents is 1. The summed E-state index contributed by atoms with van der Waals surface area (Å²) in [6.45, 7) is 0. The number of methoxy groups -OCH3 is 1. The molecule has 0 radical (unpaired) electrons. The van der Waals surface area contributed by atoms with Crippen LogP contribution in [0.25, 0.3) is 5.69 Å². The molecule has 10 nitrogen and oxygen atoms in total.